The molecule has 1 aliphatic rings. The van der Waals surface area contributed by atoms with Crippen LogP contribution in [0.25, 0.3) is 0 Å². The minimum absolute atomic E-state index is 0.0106. The summed E-state index contributed by atoms with van der Waals surface area (Å²) in [5, 5.41) is 2.77. The molecule has 1 N–H and O–H groups in total. The number of hydrogen-bond donors (Lipinski definition) is 1. The minimum Gasteiger partial charge on any atom is -0.341 e. The molecular weight excluding hydrogens is 355 g/mol. The van der Waals surface area contributed by atoms with Crippen molar-refractivity contribution in [1.29, 1.82) is 0 Å². The number of carbonyl (C=O) groups is 2. The Kier molecular flexibility index (Phi) is 4.79. The van der Waals surface area contributed by atoms with E-state index in [9.17, 15) is 9.59 Å². The van der Waals surface area contributed by atoms with Crippen LogP contribution in [0.2, 0.25) is 0 Å². The summed E-state index contributed by atoms with van der Waals surface area (Å²) < 4.78 is 1.00. The summed E-state index contributed by atoms with van der Waals surface area (Å²) in [6.45, 7) is 3.36. The van der Waals surface area contributed by atoms with Crippen molar-refractivity contribution < 1.29 is 9.59 Å². The zero-order valence-corrected chi connectivity index (χ0v) is 13.0. The third-order valence-electron chi connectivity index (χ3n) is 3.22. The van der Waals surface area contributed by atoms with Gasteiger partial charge in [0.15, 0.2) is 0 Å². The van der Waals surface area contributed by atoms with E-state index >= 15 is 0 Å². The number of benzene rings is 1. The Morgan fingerprint density at radius 3 is 2.63 bits per heavy atom. The largest absolute Gasteiger partial charge is 0.341 e. The van der Waals surface area contributed by atoms with Crippen LogP contribution in [0.5, 0.6) is 0 Å². The molecule has 1 aliphatic heterocycles. The summed E-state index contributed by atoms with van der Waals surface area (Å²) in [5.41, 5.74) is 0.591. The third-order valence-corrected chi connectivity index (χ3v) is 3.89. The summed E-state index contributed by atoms with van der Waals surface area (Å²) in [6.07, 6.45) is 2.12. The lowest BCUT2D eigenvalue weighted by atomic mass is 10.2. The highest BCUT2D eigenvalue weighted by Crippen LogP contribution is 2.10. The average Bonchev–Trinajstić information content (AvgIpc) is 2.91. The number of halogens is 1. The SMILES string of the molecule is CC(NC(=O)c1cccc(I)c1)C(=O)N1CCCC1. The number of amides is 2. The summed E-state index contributed by atoms with van der Waals surface area (Å²) >= 11 is 2.16. The van der Waals surface area contributed by atoms with Crippen molar-refractivity contribution in [2.45, 2.75) is 25.8 Å². The summed E-state index contributed by atoms with van der Waals surface area (Å²) in [6, 6.07) is 6.86. The first kappa shape index (κ1) is 14.3. The van der Waals surface area contributed by atoms with E-state index in [2.05, 4.69) is 27.9 Å². The normalized spacial score (nSPS) is 16.2. The maximum Gasteiger partial charge on any atom is 0.251 e. The van der Waals surface area contributed by atoms with Gasteiger partial charge in [0.25, 0.3) is 5.91 Å². The van der Waals surface area contributed by atoms with Crippen molar-refractivity contribution in [2.75, 3.05) is 13.1 Å². The molecule has 0 bridgehead atoms. The van der Waals surface area contributed by atoms with Gasteiger partial charge in [-0.3, -0.25) is 9.59 Å². The van der Waals surface area contributed by atoms with E-state index in [-0.39, 0.29) is 11.8 Å². The van der Waals surface area contributed by atoms with E-state index in [4.69, 9.17) is 0 Å². The molecule has 102 valence electrons. The predicted octanol–water partition coefficient (Wildman–Crippen LogP) is 2.03. The Hall–Kier alpha value is -1.11. The molecule has 1 unspecified atom stereocenters. The molecule has 5 heteroatoms. The number of likely N-dealkylation sites (tertiary alicyclic amines) is 1. The van der Waals surface area contributed by atoms with Crippen molar-refractivity contribution in [3.63, 3.8) is 0 Å². The number of nitrogens with one attached hydrogen (secondary N) is 1. The highest BCUT2D eigenvalue weighted by atomic mass is 127. The second kappa shape index (κ2) is 6.36. The van der Waals surface area contributed by atoms with Crippen molar-refractivity contribution in [2.24, 2.45) is 0 Å². The van der Waals surface area contributed by atoms with Crippen LogP contribution in [0.4, 0.5) is 0 Å². The quantitative estimate of drug-likeness (QED) is 0.826. The maximum absolute atomic E-state index is 12.1. The Bertz CT molecular complexity index is 484. The van der Waals surface area contributed by atoms with Gasteiger partial charge in [0.2, 0.25) is 5.91 Å². The molecule has 1 saturated heterocycles. The Labute approximate surface area is 126 Å². The minimum atomic E-state index is -0.469. The Balaban J connectivity index is 1.96. The number of nitrogens with zero attached hydrogens (tertiary/aromatic N) is 1. The lowest BCUT2D eigenvalue weighted by Gasteiger charge is -2.21. The van der Waals surface area contributed by atoms with Crippen LogP contribution in [0.1, 0.15) is 30.1 Å². The van der Waals surface area contributed by atoms with Crippen molar-refractivity contribution >= 4 is 34.4 Å². The molecule has 0 aliphatic carbocycles. The van der Waals surface area contributed by atoms with Crippen LogP contribution in [0, 0.1) is 3.57 Å². The van der Waals surface area contributed by atoms with E-state index in [1.165, 1.54) is 0 Å². The lowest BCUT2D eigenvalue weighted by Crippen LogP contribution is -2.45. The van der Waals surface area contributed by atoms with Crippen molar-refractivity contribution in [1.82, 2.24) is 10.2 Å². The van der Waals surface area contributed by atoms with E-state index in [1.54, 1.807) is 13.0 Å². The molecule has 0 radical (unpaired) electrons. The molecule has 2 rings (SSSR count). The lowest BCUT2D eigenvalue weighted by molar-refractivity contribution is -0.131. The van der Waals surface area contributed by atoms with Crippen LogP contribution >= 0.6 is 22.6 Å². The fraction of sp³-hybridized carbons (Fsp3) is 0.429. The first-order chi connectivity index (χ1) is 9.08. The second-order valence-corrected chi connectivity index (χ2v) is 5.98. The fourth-order valence-corrected chi connectivity index (χ4v) is 2.73. The summed E-state index contributed by atoms with van der Waals surface area (Å²) in [5.74, 6) is -0.185. The van der Waals surface area contributed by atoms with Gasteiger partial charge in [-0.05, 0) is 60.6 Å². The van der Waals surface area contributed by atoms with Crippen LogP contribution in [0.15, 0.2) is 24.3 Å². The fourth-order valence-electron chi connectivity index (χ4n) is 2.18. The molecule has 1 atom stereocenters. The molecule has 1 aromatic carbocycles. The van der Waals surface area contributed by atoms with E-state index in [0.717, 1.165) is 29.5 Å². The Morgan fingerprint density at radius 2 is 2.00 bits per heavy atom. The molecule has 1 fully saturated rings. The molecular formula is C14H17IN2O2. The van der Waals surface area contributed by atoms with Gasteiger partial charge >= 0.3 is 0 Å². The van der Waals surface area contributed by atoms with Crippen molar-refractivity contribution in [3.05, 3.63) is 33.4 Å². The first-order valence-corrected chi connectivity index (χ1v) is 7.51. The molecule has 1 heterocycles. The average molecular weight is 372 g/mol. The van der Waals surface area contributed by atoms with Gasteiger partial charge < -0.3 is 10.2 Å². The predicted molar refractivity (Wildman–Crippen MR) is 81.9 cm³/mol. The van der Waals surface area contributed by atoms with Crippen molar-refractivity contribution in [3.8, 4) is 0 Å². The van der Waals surface area contributed by atoms with E-state index < -0.39 is 6.04 Å². The van der Waals surface area contributed by atoms with Gasteiger partial charge in [0.05, 0.1) is 0 Å². The smallest absolute Gasteiger partial charge is 0.251 e. The highest BCUT2D eigenvalue weighted by Gasteiger charge is 2.24. The highest BCUT2D eigenvalue weighted by molar-refractivity contribution is 14.1. The molecule has 1 aromatic rings. The number of rotatable bonds is 3. The van der Waals surface area contributed by atoms with Crippen LogP contribution in [-0.4, -0.2) is 35.8 Å². The van der Waals surface area contributed by atoms with E-state index in [0.29, 0.717) is 5.56 Å². The zero-order chi connectivity index (χ0) is 13.8. The topological polar surface area (TPSA) is 49.4 Å². The maximum atomic E-state index is 12.1. The van der Waals surface area contributed by atoms with Gasteiger partial charge in [0.1, 0.15) is 6.04 Å². The third kappa shape index (κ3) is 3.68. The van der Waals surface area contributed by atoms with Gasteiger partial charge in [-0.2, -0.15) is 0 Å². The van der Waals surface area contributed by atoms with Crippen LogP contribution < -0.4 is 5.32 Å². The zero-order valence-electron chi connectivity index (χ0n) is 10.9. The van der Waals surface area contributed by atoms with Crippen LogP contribution in [-0.2, 0) is 4.79 Å². The van der Waals surface area contributed by atoms with Gasteiger partial charge in [-0.25, -0.2) is 0 Å². The number of carbonyl (C=O) groups excluding carboxylic acids is 2. The first-order valence-electron chi connectivity index (χ1n) is 6.43. The van der Waals surface area contributed by atoms with E-state index in [1.807, 2.05) is 23.1 Å². The number of hydrogen-bond acceptors (Lipinski definition) is 2. The van der Waals surface area contributed by atoms with Crippen LogP contribution in [0.3, 0.4) is 0 Å². The van der Waals surface area contributed by atoms with Gasteiger partial charge in [-0.1, -0.05) is 6.07 Å². The summed E-state index contributed by atoms with van der Waals surface area (Å²) in [4.78, 5) is 25.9. The molecule has 19 heavy (non-hydrogen) atoms. The standard InChI is InChI=1S/C14H17IN2O2/c1-10(14(19)17-7-2-3-8-17)16-13(18)11-5-4-6-12(15)9-11/h4-6,9-10H,2-3,7-8H2,1H3,(H,16,18). The summed E-state index contributed by atoms with van der Waals surface area (Å²) in [7, 11) is 0. The molecule has 0 spiro atoms. The molecule has 2 amide bonds. The second-order valence-electron chi connectivity index (χ2n) is 4.74. The Morgan fingerprint density at radius 1 is 1.32 bits per heavy atom. The molecule has 0 saturated carbocycles. The monoisotopic (exact) mass is 372 g/mol. The van der Waals surface area contributed by atoms with Gasteiger partial charge in [0, 0.05) is 22.2 Å². The van der Waals surface area contributed by atoms with Gasteiger partial charge in [-0.15, -0.1) is 0 Å². The molecule has 4 nitrogen and oxygen atoms in total. The molecule has 0 aromatic heterocycles.